The third kappa shape index (κ3) is 4.45. The van der Waals surface area contributed by atoms with E-state index in [1.807, 2.05) is 30.9 Å². The van der Waals surface area contributed by atoms with Gasteiger partial charge < -0.3 is 24.7 Å². The van der Waals surface area contributed by atoms with Crippen LogP contribution in [0.1, 0.15) is 47.3 Å². The molecule has 9 nitrogen and oxygen atoms in total. The minimum atomic E-state index is -0.180. The summed E-state index contributed by atoms with van der Waals surface area (Å²) in [5.41, 5.74) is 5.24. The van der Waals surface area contributed by atoms with Crippen LogP contribution in [0.3, 0.4) is 0 Å². The fraction of sp³-hybridized carbons (Fsp3) is 0.500. The first-order valence-corrected chi connectivity index (χ1v) is 13.0. The third-order valence-electron chi connectivity index (χ3n) is 8.03. The van der Waals surface area contributed by atoms with Crippen molar-refractivity contribution in [2.24, 2.45) is 11.3 Å². The fourth-order valence-corrected chi connectivity index (χ4v) is 5.52. The summed E-state index contributed by atoms with van der Waals surface area (Å²) in [7, 11) is 1.52. The van der Waals surface area contributed by atoms with Crippen LogP contribution in [0.2, 0.25) is 0 Å². The lowest BCUT2D eigenvalue weighted by Crippen LogP contribution is -2.42. The smallest absolute Gasteiger partial charge is 0.255 e. The van der Waals surface area contributed by atoms with Gasteiger partial charge in [-0.15, -0.1) is 0 Å². The Balaban J connectivity index is 1.30. The van der Waals surface area contributed by atoms with E-state index in [4.69, 9.17) is 9.47 Å². The summed E-state index contributed by atoms with van der Waals surface area (Å²) in [6.07, 6.45) is 5.95. The van der Waals surface area contributed by atoms with Crippen molar-refractivity contribution in [3.8, 4) is 17.0 Å². The summed E-state index contributed by atoms with van der Waals surface area (Å²) in [6, 6.07) is 6.02. The second-order valence-electron chi connectivity index (χ2n) is 10.9. The Kier molecular flexibility index (Phi) is 5.90. The lowest BCUT2D eigenvalue weighted by Gasteiger charge is -2.18. The van der Waals surface area contributed by atoms with Crippen LogP contribution >= 0.6 is 0 Å². The van der Waals surface area contributed by atoms with E-state index in [0.29, 0.717) is 36.7 Å². The first-order chi connectivity index (χ1) is 17.9. The highest BCUT2D eigenvalue weighted by molar-refractivity contribution is 6.09. The van der Waals surface area contributed by atoms with Crippen LogP contribution in [-0.4, -0.2) is 71.1 Å². The van der Waals surface area contributed by atoms with Gasteiger partial charge >= 0.3 is 0 Å². The maximum atomic E-state index is 13.6. The third-order valence-corrected chi connectivity index (χ3v) is 8.03. The molecule has 37 heavy (non-hydrogen) atoms. The standard InChI is InChI=1S/C28H33N5O4/c1-16-4-7-20(37-12-18-5-6-18)19(10-16)24-26-25(30-15-29-24)23(17(2)31-26)27(35)32-21-11-33(22(34)13-36-3)14-28(21)8-9-28/h4,7,10,15,18,21,31H,5-6,8-9,11-14H2,1-3H3,(H,32,35)/t21-/m1/s1. The quantitative estimate of drug-likeness (QED) is 0.488. The number of likely N-dealkylation sites (tertiary alicyclic amines) is 1. The number of fused-ring (bicyclic) bond motifs is 1. The lowest BCUT2D eigenvalue weighted by atomic mass is 10.00. The van der Waals surface area contributed by atoms with E-state index >= 15 is 0 Å². The number of aromatic nitrogens is 3. The van der Waals surface area contributed by atoms with E-state index in [9.17, 15) is 9.59 Å². The van der Waals surface area contributed by atoms with E-state index < -0.39 is 0 Å². The minimum Gasteiger partial charge on any atom is -0.493 e. The van der Waals surface area contributed by atoms with Crippen molar-refractivity contribution in [2.75, 3.05) is 33.4 Å². The van der Waals surface area contributed by atoms with Gasteiger partial charge in [0.25, 0.3) is 5.91 Å². The normalized spacial score (nSPS) is 20.0. The average Bonchev–Trinajstić information content (AvgIpc) is 3.78. The van der Waals surface area contributed by atoms with Crippen molar-refractivity contribution in [1.29, 1.82) is 0 Å². The van der Waals surface area contributed by atoms with Gasteiger partial charge in [0.15, 0.2) is 0 Å². The SMILES string of the molecule is COCC(=O)N1C[C@@H](NC(=O)c2c(C)[nH]c3c(-c4cc(C)ccc4OCC4CC4)ncnc23)C2(CC2)C1. The first kappa shape index (κ1) is 23.9. The molecule has 1 saturated heterocycles. The number of ether oxygens (including phenoxy) is 2. The van der Waals surface area contributed by atoms with E-state index in [0.717, 1.165) is 46.6 Å². The molecule has 1 spiro atoms. The van der Waals surface area contributed by atoms with Crippen LogP contribution in [0.15, 0.2) is 24.5 Å². The molecule has 3 heterocycles. The number of methoxy groups -OCH3 is 1. The molecule has 6 rings (SSSR count). The second kappa shape index (κ2) is 9.13. The highest BCUT2D eigenvalue weighted by Crippen LogP contribution is 2.53. The molecule has 0 bridgehead atoms. The van der Waals surface area contributed by atoms with Gasteiger partial charge in [-0.2, -0.15) is 0 Å². The predicted molar refractivity (Wildman–Crippen MR) is 138 cm³/mol. The van der Waals surface area contributed by atoms with E-state index in [1.165, 1.54) is 26.3 Å². The topological polar surface area (TPSA) is 109 Å². The summed E-state index contributed by atoms with van der Waals surface area (Å²) in [4.78, 5) is 40.4. The summed E-state index contributed by atoms with van der Waals surface area (Å²) >= 11 is 0. The van der Waals surface area contributed by atoms with Crippen LogP contribution in [0.4, 0.5) is 0 Å². The van der Waals surface area contributed by atoms with Gasteiger partial charge in [-0.25, -0.2) is 9.97 Å². The van der Waals surface area contributed by atoms with Gasteiger partial charge in [0, 0.05) is 36.9 Å². The summed E-state index contributed by atoms with van der Waals surface area (Å²) < 4.78 is 11.2. The zero-order valence-corrected chi connectivity index (χ0v) is 21.6. The summed E-state index contributed by atoms with van der Waals surface area (Å²) in [6.45, 7) is 5.85. The first-order valence-electron chi connectivity index (χ1n) is 13.0. The molecule has 0 unspecified atom stereocenters. The molecule has 9 heteroatoms. The number of hydrogen-bond donors (Lipinski definition) is 2. The Labute approximate surface area is 216 Å². The molecule has 1 atom stereocenters. The van der Waals surface area contributed by atoms with Crippen molar-refractivity contribution >= 4 is 22.8 Å². The Morgan fingerprint density at radius 3 is 2.76 bits per heavy atom. The van der Waals surface area contributed by atoms with Crippen LogP contribution in [0.5, 0.6) is 5.75 Å². The number of carbonyl (C=O) groups excluding carboxylic acids is 2. The molecule has 2 N–H and O–H groups in total. The molecular weight excluding hydrogens is 470 g/mol. The molecule has 2 aliphatic carbocycles. The largest absolute Gasteiger partial charge is 0.493 e. The molecule has 3 aliphatic rings. The Hall–Kier alpha value is -3.46. The molecule has 1 aliphatic heterocycles. The molecule has 2 amide bonds. The number of benzene rings is 1. The van der Waals surface area contributed by atoms with Gasteiger partial charge in [-0.3, -0.25) is 9.59 Å². The number of hydrogen-bond acceptors (Lipinski definition) is 6. The van der Waals surface area contributed by atoms with Crippen LogP contribution in [-0.2, 0) is 9.53 Å². The Morgan fingerprint density at radius 2 is 2.03 bits per heavy atom. The number of nitrogens with one attached hydrogen (secondary N) is 2. The van der Waals surface area contributed by atoms with E-state index in [1.54, 1.807) is 0 Å². The highest BCUT2D eigenvalue weighted by Gasteiger charge is 2.56. The lowest BCUT2D eigenvalue weighted by molar-refractivity contribution is -0.134. The number of H-pyrrole nitrogens is 1. The van der Waals surface area contributed by atoms with Crippen LogP contribution in [0.25, 0.3) is 22.3 Å². The molecule has 1 aromatic carbocycles. The van der Waals surface area contributed by atoms with Gasteiger partial charge in [-0.1, -0.05) is 11.6 Å². The molecule has 2 aromatic heterocycles. The number of rotatable bonds is 8. The van der Waals surface area contributed by atoms with Crippen molar-refractivity contribution in [3.05, 3.63) is 41.3 Å². The average molecular weight is 504 g/mol. The molecule has 194 valence electrons. The second-order valence-corrected chi connectivity index (χ2v) is 10.9. The van der Waals surface area contributed by atoms with Crippen LogP contribution in [0, 0.1) is 25.2 Å². The van der Waals surface area contributed by atoms with Gasteiger partial charge in [0.2, 0.25) is 5.91 Å². The van der Waals surface area contributed by atoms with Crippen molar-refractivity contribution in [1.82, 2.24) is 25.2 Å². The zero-order chi connectivity index (χ0) is 25.7. The zero-order valence-electron chi connectivity index (χ0n) is 21.6. The van der Waals surface area contributed by atoms with Gasteiger partial charge in [0.05, 0.1) is 23.7 Å². The Bertz CT molecular complexity index is 1370. The fourth-order valence-electron chi connectivity index (χ4n) is 5.52. The van der Waals surface area contributed by atoms with E-state index in [-0.39, 0.29) is 29.9 Å². The molecular formula is C28H33N5O4. The van der Waals surface area contributed by atoms with Gasteiger partial charge in [0.1, 0.15) is 29.9 Å². The predicted octanol–water partition coefficient (Wildman–Crippen LogP) is 3.40. The van der Waals surface area contributed by atoms with Crippen molar-refractivity contribution in [2.45, 2.75) is 45.6 Å². The molecule has 2 saturated carbocycles. The van der Waals surface area contributed by atoms with Crippen molar-refractivity contribution < 1.29 is 19.1 Å². The monoisotopic (exact) mass is 503 g/mol. The molecule has 3 aromatic rings. The minimum absolute atomic E-state index is 0.0332. The van der Waals surface area contributed by atoms with Gasteiger partial charge in [-0.05, 0) is 57.6 Å². The van der Waals surface area contributed by atoms with Crippen LogP contribution < -0.4 is 10.1 Å². The number of aryl methyl sites for hydroxylation is 2. The number of carbonyl (C=O) groups is 2. The molecule has 3 fully saturated rings. The highest BCUT2D eigenvalue weighted by atomic mass is 16.5. The number of aromatic amines is 1. The number of amides is 2. The summed E-state index contributed by atoms with van der Waals surface area (Å²) in [5, 5.41) is 3.23. The molecule has 0 radical (unpaired) electrons. The maximum absolute atomic E-state index is 13.6. The van der Waals surface area contributed by atoms with Crippen molar-refractivity contribution in [3.63, 3.8) is 0 Å². The summed E-state index contributed by atoms with van der Waals surface area (Å²) in [5.74, 6) is 1.20. The maximum Gasteiger partial charge on any atom is 0.255 e. The number of nitrogens with zero attached hydrogens (tertiary/aromatic N) is 3. The van der Waals surface area contributed by atoms with E-state index in [2.05, 4.69) is 26.3 Å². The Morgan fingerprint density at radius 1 is 1.22 bits per heavy atom.